The molecule has 0 aliphatic rings. The third-order valence-electron chi connectivity index (χ3n) is 3.11. The van der Waals surface area contributed by atoms with Crippen LogP contribution in [0.25, 0.3) is 0 Å². The Morgan fingerprint density at radius 2 is 2.21 bits per heavy atom. The molecule has 0 aliphatic carbocycles. The van der Waals surface area contributed by atoms with Crippen LogP contribution in [-0.2, 0) is 11.3 Å². The number of carbonyl (C=O) groups excluding carboxylic acids is 1. The maximum Gasteiger partial charge on any atom is 0.239 e. The fraction of sp³-hybridized carbons (Fsp3) is 0.500. The minimum Gasteiger partial charge on any atom is -0.508 e. The molecule has 1 unspecified atom stereocenters. The molecule has 5 heteroatoms. The number of hydrogen-bond donors (Lipinski definition) is 2. The molecule has 1 aromatic carbocycles. The van der Waals surface area contributed by atoms with E-state index in [1.165, 1.54) is 0 Å². The Morgan fingerprint density at radius 3 is 2.79 bits per heavy atom. The number of amides is 1. The fourth-order valence-electron chi connectivity index (χ4n) is 1.67. The lowest BCUT2D eigenvalue weighted by Crippen LogP contribution is -2.42. The molecule has 0 aromatic heterocycles. The number of carbonyl (C=O) groups is 1. The second-order valence-electron chi connectivity index (χ2n) is 4.45. The number of benzene rings is 1. The zero-order valence-electron chi connectivity index (χ0n) is 11.9. The minimum absolute atomic E-state index is 0.0323. The highest BCUT2D eigenvalue weighted by atomic mass is 16.5. The van der Waals surface area contributed by atoms with Gasteiger partial charge in [-0.25, -0.2) is 0 Å². The van der Waals surface area contributed by atoms with E-state index in [9.17, 15) is 9.90 Å². The van der Waals surface area contributed by atoms with Gasteiger partial charge in [-0.05, 0) is 32.0 Å². The second kappa shape index (κ2) is 6.99. The van der Waals surface area contributed by atoms with E-state index in [2.05, 4.69) is 5.32 Å². The number of nitrogens with one attached hydrogen (secondary N) is 1. The lowest BCUT2D eigenvalue weighted by atomic mass is 10.1. The predicted octanol–water partition coefficient (Wildman–Crippen LogP) is 1.36. The third-order valence-corrected chi connectivity index (χ3v) is 3.11. The molecule has 1 rings (SSSR count). The summed E-state index contributed by atoms with van der Waals surface area (Å²) in [5.74, 6) is 0.904. The molecule has 1 aromatic rings. The number of phenolic OH excluding ortho intramolecular Hbond substituents is 1. The average molecular weight is 266 g/mol. The number of phenols is 1. The second-order valence-corrected chi connectivity index (χ2v) is 4.45. The summed E-state index contributed by atoms with van der Waals surface area (Å²) in [6.07, 6.45) is 0. The third kappa shape index (κ3) is 4.13. The van der Waals surface area contributed by atoms with E-state index in [0.717, 1.165) is 0 Å². The van der Waals surface area contributed by atoms with Crippen LogP contribution >= 0.6 is 0 Å². The van der Waals surface area contributed by atoms with Gasteiger partial charge in [-0.3, -0.25) is 4.79 Å². The van der Waals surface area contributed by atoms with Crippen molar-refractivity contribution in [1.82, 2.24) is 10.2 Å². The van der Waals surface area contributed by atoms with E-state index >= 15 is 0 Å². The van der Waals surface area contributed by atoms with E-state index < -0.39 is 0 Å². The Hall–Kier alpha value is -1.75. The normalized spacial score (nSPS) is 12.0. The zero-order valence-corrected chi connectivity index (χ0v) is 11.9. The predicted molar refractivity (Wildman–Crippen MR) is 74.3 cm³/mol. The topological polar surface area (TPSA) is 61.8 Å². The molecule has 1 amide bonds. The highest BCUT2D eigenvalue weighted by Crippen LogP contribution is 2.22. The SMILES string of the molecule is CCN(C)C(=O)C(C)NCc1cc(OC)ccc1O. The van der Waals surface area contributed by atoms with Gasteiger partial charge in [0.25, 0.3) is 0 Å². The molecule has 1 atom stereocenters. The fourth-order valence-corrected chi connectivity index (χ4v) is 1.67. The summed E-state index contributed by atoms with van der Waals surface area (Å²) < 4.78 is 5.11. The molecule has 0 bridgehead atoms. The van der Waals surface area contributed by atoms with Gasteiger partial charge in [0.1, 0.15) is 11.5 Å². The van der Waals surface area contributed by atoms with Gasteiger partial charge in [0.05, 0.1) is 13.2 Å². The molecule has 0 saturated carbocycles. The quantitative estimate of drug-likeness (QED) is 0.816. The van der Waals surface area contributed by atoms with Crippen LogP contribution in [0.5, 0.6) is 11.5 Å². The van der Waals surface area contributed by atoms with Crippen molar-refractivity contribution in [2.75, 3.05) is 20.7 Å². The summed E-state index contributed by atoms with van der Waals surface area (Å²) in [5.41, 5.74) is 0.707. The molecule has 0 spiro atoms. The van der Waals surface area contributed by atoms with Gasteiger partial charge in [-0.2, -0.15) is 0 Å². The minimum atomic E-state index is -0.296. The Labute approximate surface area is 114 Å². The van der Waals surface area contributed by atoms with E-state index in [1.807, 2.05) is 13.8 Å². The van der Waals surface area contributed by atoms with Crippen molar-refractivity contribution in [3.8, 4) is 11.5 Å². The summed E-state index contributed by atoms with van der Waals surface area (Å²) in [4.78, 5) is 13.5. The van der Waals surface area contributed by atoms with Gasteiger partial charge >= 0.3 is 0 Å². The first-order valence-electron chi connectivity index (χ1n) is 6.33. The van der Waals surface area contributed by atoms with Crippen LogP contribution in [0.4, 0.5) is 0 Å². The summed E-state index contributed by atoms with van der Waals surface area (Å²) in [7, 11) is 3.34. The number of hydrogen-bond acceptors (Lipinski definition) is 4. The highest BCUT2D eigenvalue weighted by molar-refractivity contribution is 5.81. The Kier molecular flexibility index (Phi) is 5.63. The number of nitrogens with zero attached hydrogens (tertiary/aromatic N) is 1. The number of likely N-dealkylation sites (N-methyl/N-ethyl adjacent to an activating group) is 1. The van der Waals surface area contributed by atoms with Crippen molar-refractivity contribution in [3.63, 3.8) is 0 Å². The van der Waals surface area contributed by atoms with Crippen LogP contribution in [-0.4, -0.2) is 42.7 Å². The summed E-state index contributed by atoms with van der Waals surface area (Å²) in [6, 6.07) is 4.73. The first-order chi connectivity index (χ1) is 8.99. The molecule has 0 heterocycles. The molecular formula is C14H22N2O3. The van der Waals surface area contributed by atoms with Crippen LogP contribution in [0.2, 0.25) is 0 Å². The monoisotopic (exact) mass is 266 g/mol. The van der Waals surface area contributed by atoms with E-state index in [4.69, 9.17) is 4.74 Å². The molecule has 0 saturated heterocycles. The molecule has 106 valence electrons. The van der Waals surface area contributed by atoms with Crippen molar-refractivity contribution >= 4 is 5.91 Å². The molecule has 0 radical (unpaired) electrons. The number of aromatic hydroxyl groups is 1. The smallest absolute Gasteiger partial charge is 0.239 e. The summed E-state index contributed by atoms with van der Waals surface area (Å²) in [5, 5.41) is 12.8. The van der Waals surface area contributed by atoms with Crippen LogP contribution in [0, 0.1) is 0 Å². The van der Waals surface area contributed by atoms with E-state index in [0.29, 0.717) is 24.4 Å². The van der Waals surface area contributed by atoms with Crippen LogP contribution < -0.4 is 10.1 Å². The Morgan fingerprint density at radius 1 is 1.53 bits per heavy atom. The van der Waals surface area contributed by atoms with Gasteiger partial charge in [-0.15, -0.1) is 0 Å². The molecule has 5 nitrogen and oxygen atoms in total. The Bertz CT molecular complexity index is 435. The molecular weight excluding hydrogens is 244 g/mol. The first kappa shape index (κ1) is 15.3. The maximum atomic E-state index is 11.9. The summed E-state index contributed by atoms with van der Waals surface area (Å²) in [6.45, 7) is 4.83. The van der Waals surface area contributed by atoms with Crippen LogP contribution in [0.3, 0.4) is 0 Å². The van der Waals surface area contributed by atoms with Crippen molar-refractivity contribution in [3.05, 3.63) is 23.8 Å². The maximum absolute atomic E-state index is 11.9. The summed E-state index contributed by atoms with van der Waals surface area (Å²) >= 11 is 0. The van der Waals surface area contributed by atoms with Crippen molar-refractivity contribution in [2.24, 2.45) is 0 Å². The lowest BCUT2D eigenvalue weighted by Gasteiger charge is -2.20. The van der Waals surface area contributed by atoms with Gasteiger partial charge in [-0.1, -0.05) is 0 Å². The highest BCUT2D eigenvalue weighted by Gasteiger charge is 2.16. The average Bonchev–Trinajstić information content (AvgIpc) is 2.44. The van der Waals surface area contributed by atoms with Gasteiger partial charge in [0, 0.05) is 25.7 Å². The molecule has 19 heavy (non-hydrogen) atoms. The van der Waals surface area contributed by atoms with Gasteiger partial charge in [0.2, 0.25) is 5.91 Å². The molecule has 0 aliphatic heterocycles. The number of rotatable bonds is 6. The van der Waals surface area contributed by atoms with E-state index in [1.54, 1.807) is 37.3 Å². The van der Waals surface area contributed by atoms with Crippen LogP contribution in [0.15, 0.2) is 18.2 Å². The first-order valence-corrected chi connectivity index (χ1v) is 6.33. The van der Waals surface area contributed by atoms with Crippen molar-refractivity contribution < 1.29 is 14.6 Å². The van der Waals surface area contributed by atoms with Crippen molar-refractivity contribution in [1.29, 1.82) is 0 Å². The van der Waals surface area contributed by atoms with Gasteiger partial charge in [0.15, 0.2) is 0 Å². The van der Waals surface area contributed by atoms with Crippen LogP contribution in [0.1, 0.15) is 19.4 Å². The zero-order chi connectivity index (χ0) is 14.4. The van der Waals surface area contributed by atoms with Crippen molar-refractivity contribution in [2.45, 2.75) is 26.4 Å². The number of methoxy groups -OCH3 is 1. The van der Waals surface area contributed by atoms with E-state index in [-0.39, 0.29) is 17.7 Å². The standard InChI is InChI=1S/C14H22N2O3/c1-5-16(3)14(18)10(2)15-9-11-8-12(19-4)6-7-13(11)17/h6-8,10,15,17H,5,9H2,1-4H3. The largest absolute Gasteiger partial charge is 0.508 e. The Balaban J connectivity index is 2.63. The lowest BCUT2D eigenvalue weighted by molar-refractivity contribution is -0.131. The van der Waals surface area contributed by atoms with Gasteiger partial charge < -0.3 is 20.1 Å². The number of ether oxygens (including phenoxy) is 1. The molecule has 0 fully saturated rings. The molecule has 2 N–H and O–H groups in total.